The van der Waals surface area contributed by atoms with E-state index in [0.29, 0.717) is 22.1 Å². The van der Waals surface area contributed by atoms with Crippen molar-refractivity contribution in [2.75, 3.05) is 17.8 Å². The Bertz CT molecular complexity index is 1350. The molecule has 4 aromatic rings. The second-order valence-electron chi connectivity index (χ2n) is 6.97. The summed E-state index contributed by atoms with van der Waals surface area (Å²) in [6, 6.07) is 17.1. The SMILES string of the molecule is CCS(=O)(=O)c1ccc(C(=O)N(Cc2ccccn2)c2nc3ccc(OC)cc3s2)cc1. The van der Waals surface area contributed by atoms with Gasteiger partial charge in [0.2, 0.25) is 0 Å². The minimum Gasteiger partial charge on any atom is -0.497 e. The molecule has 0 atom stereocenters. The lowest BCUT2D eigenvalue weighted by atomic mass is 10.2. The second kappa shape index (κ2) is 9.05. The molecule has 0 aliphatic heterocycles. The van der Waals surface area contributed by atoms with Crippen LogP contribution in [0.4, 0.5) is 5.13 Å². The van der Waals surface area contributed by atoms with E-state index in [-0.39, 0.29) is 23.1 Å². The van der Waals surface area contributed by atoms with Crippen LogP contribution in [0.5, 0.6) is 5.75 Å². The lowest BCUT2D eigenvalue weighted by molar-refractivity contribution is 0.0984. The van der Waals surface area contributed by atoms with Gasteiger partial charge in [-0.25, -0.2) is 13.4 Å². The molecule has 1 amide bonds. The zero-order chi connectivity index (χ0) is 22.7. The number of thiazole rings is 1. The molecule has 0 bridgehead atoms. The molecule has 2 heterocycles. The lowest BCUT2D eigenvalue weighted by Crippen LogP contribution is -2.30. The minimum absolute atomic E-state index is 0.00125. The maximum Gasteiger partial charge on any atom is 0.260 e. The van der Waals surface area contributed by atoms with Crippen LogP contribution in [0.15, 0.2) is 71.8 Å². The van der Waals surface area contributed by atoms with Crippen LogP contribution in [-0.4, -0.2) is 37.2 Å². The van der Waals surface area contributed by atoms with E-state index in [1.807, 2.05) is 36.4 Å². The number of ether oxygens (including phenoxy) is 1. The van der Waals surface area contributed by atoms with Gasteiger partial charge in [0, 0.05) is 11.8 Å². The van der Waals surface area contributed by atoms with Crippen LogP contribution in [0.1, 0.15) is 23.0 Å². The quantitative estimate of drug-likeness (QED) is 0.402. The van der Waals surface area contributed by atoms with Crippen molar-refractivity contribution in [3.05, 3.63) is 78.1 Å². The largest absolute Gasteiger partial charge is 0.497 e. The Morgan fingerprint density at radius 1 is 1.09 bits per heavy atom. The van der Waals surface area contributed by atoms with E-state index in [0.717, 1.165) is 10.2 Å². The highest BCUT2D eigenvalue weighted by molar-refractivity contribution is 7.91. The van der Waals surface area contributed by atoms with Crippen LogP contribution in [0.2, 0.25) is 0 Å². The van der Waals surface area contributed by atoms with E-state index in [9.17, 15) is 13.2 Å². The highest BCUT2D eigenvalue weighted by Crippen LogP contribution is 2.33. The topological polar surface area (TPSA) is 89.5 Å². The third-order valence-corrected chi connectivity index (χ3v) is 7.74. The molecular weight excluding hydrogens is 446 g/mol. The van der Waals surface area contributed by atoms with Gasteiger partial charge in [-0.05, 0) is 54.6 Å². The second-order valence-corrected chi connectivity index (χ2v) is 10.3. The van der Waals surface area contributed by atoms with Crippen LogP contribution in [0, 0.1) is 0 Å². The van der Waals surface area contributed by atoms with Gasteiger partial charge in [-0.1, -0.05) is 24.3 Å². The first kappa shape index (κ1) is 21.9. The Hall–Kier alpha value is -3.30. The van der Waals surface area contributed by atoms with Gasteiger partial charge in [0.05, 0.1) is 40.2 Å². The van der Waals surface area contributed by atoms with E-state index in [2.05, 4.69) is 9.97 Å². The van der Waals surface area contributed by atoms with Gasteiger partial charge in [0.1, 0.15) is 5.75 Å². The monoisotopic (exact) mass is 467 g/mol. The standard InChI is InChI=1S/C23H21N3O4S2/c1-3-32(28,29)19-10-7-16(8-11-19)22(27)26(15-17-6-4-5-13-24-17)23-25-20-12-9-18(30-2)14-21(20)31-23/h4-14H,3,15H2,1-2H3. The van der Waals surface area contributed by atoms with Crippen LogP contribution in [-0.2, 0) is 16.4 Å². The predicted octanol–water partition coefficient (Wildman–Crippen LogP) is 4.34. The Morgan fingerprint density at radius 2 is 1.88 bits per heavy atom. The third-order valence-electron chi connectivity index (χ3n) is 4.95. The number of methoxy groups -OCH3 is 1. The minimum atomic E-state index is -3.34. The number of sulfone groups is 1. The molecule has 0 unspecified atom stereocenters. The molecule has 9 heteroatoms. The van der Waals surface area contributed by atoms with Gasteiger partial charge in [-0.2, -0.15) is 0 Å². The zero-order valence-corrected chi connectivity index (χ0v) is 19.2. The van der Waals surface area contributed by atoms with Gasteiger partial charge < -0.3 is 4.74 Å². The average Bonchev–Trinajstić information content (AvgIpc) is 3.25. The van der Waals surface area contributed by atoms with E-state index in [1.54, 1.807) is 25.1 Å². The highest BCUT2D eigenvalue weighted by Gasteiger charge is 2.23. The molecule has 0 saturated heterocycles. The number of carbonyl (C=O) groups is 1. The van der Waals surface area contributed by atoms with Crippen molar-refractivity contribution in [1.29, 1.82) is 0 Å². The Kier molecular flexibility index (Phi) is 6.20. The maximum atomic E-state index is 13.5. The Labute approximate surface area is 190 Å². The number of carbonyl (C=O) groups excluding carboxylic acids is 1. The molecule has 0 spiro atoms. The molecule has 0 radical (unpaired) electrons. The zero-order valence-electron chi connectivity index (χ0n) is 17.6. The number of rotatable bonds is 7. The summed E-state index contributed by atoms with van der Waals surface area (Å²) < 4.78 is 30.4. The molecule has 0 N–H and O–H groups in total. The summed E-state index contributed by atoms with van der Waals surface area (Å²) in [7, 11) is -1.74. The summed E-state index contributed by atoms with van der Waals surface area (Å²) in [5, 5.41) is 0.522. The van der Waals surface area contributed by atoms with Crippen molar-refractivity contribution in [2.24, 2.45) is 0 Å². The van der Waals surface area contributed by atoms with Gasteiger partial charge in [0.25, 0.3) is 5.91 Å². The molecule has 4 rings (SSSR count). The van der Waals surface area contributed by atoms with Crippen molar-refractivity contribution in [2.45, 2.75) is 18.4 Å². The number of benzene rings is 2. The fourth-order valence-corrected chi connectivity index (χ4v) is 5.02. The molecule has 0 saturated carbocycles. The third kappa shape index (κ3) is 4.49. The number of nitrogens with zero attached hydrogens (tertiary/aromatic N) is 3. The van der Waals surface area contributed by atoms with Crippen molar-refractivity contribution in [1.82, 2.24) is 9.97 Å². The summed E-state index contributed by atoms with van der Waals surface area (Å²) in [5.41, 5.74) is 1.84. The molecule has 32 heavy (non-hydrogen) atoms. The van der Waals surface area contributed by atoms with Gasteiger partial charge in [0.15, 0.2) is 15.0 Å². The van der Waals surface area contributed by atoms with Crippen molar-refractivity contribution in [3.63, 3.8) is 0 Å². The number of hydrogen-bond donors (Lipinski definition) is 0. The first-order valence-electron chi connectivity index (χ1n) is 9.90. The first-order valence-corrected chi connectivity index (χ1v) is 12.4. The summed E-state index contributed by atoms with van der Waals surface area (Å²) in [6.07, 6.45) is 1.67. The van der Waals surface area contributed by atoms with Gasteiger partial charge in [-0.15, -0.1) is 0 Å². The first-order chi connectivity index (χ1) is 15.4. The predicted molar refractivity (Wildman–Crippen MR) is 125 cm³/mol. The number of hydrogen-bond acceptors (Lipinski definition) is 7. The summed E-state index contributed by atoms with van der Waals surface area (Å²) in [6.45, 7) is 1.82. The molecular formula is C23H21N3O4S2. The molecule has 2 aromatic carbocycles. The number of anilines is 1. The molecule has 2 aromatic heterocycles. The lowest BCUT2D eigenvalue weighted by Gasteiger charge is -2.19. The van der Waals surface area contributed by atoms with E-state index in [1.165, 1.54) is 35.6 Å². The van der Waals surface area contributed by atoms with E-state index < -0.39 is 9.84 Å². The molecule has 164 valence electrons. The van der Waals surface area contributed by atoms with Crippen LogP contribution < -0.4 is 9.64 Å². The van der Waals surface area contributed by atoms with Crippen molar-refractivity contribution < 1.29 is 17.9 Å². The molecule has 0 aliphatic rings. The Morgan fingerprint density at radius 3 is 2.53 bits per heavy atom. The summed E-state index contributed by atoms with van der Waals surface area (Å²) in [4.78, 5) is 24.2. The average molecular weight is 468 g/mol. The summed E-state index contributed by atoms with van der Waals surface area (Å²) in [5.74, 6) is 0.423. The normalized spacial score (nSPS) is 11.4. The van der Waals surface area contributed by atoms with Crippen LogP contribution >= 0.6 is 11.3 Å². The smallest absolute Gasteiger partial charge is 0.260 e. The number of pyridine rings is 1. The number of amides is 1. The fourth-order valence-electron chi connectivity index (χ4n) is 3.14. The molecule has 0 fully saturated rings. The number of fused-ring (bicyclic) bond motifs is 1. The molecule has 0 aliphatic carbocycles. The molecule has 7 nitrogen and oxygen atoms in total. The van der Waals surface area contributed by atoms with Crippen LogP contribution in [0.3, 0.4) is 0 Å². The highest BCUT2D eigenvalue weighted by atomic mass is 32.2. The van der Waals surface area contributed by atoms with Crippen molar-refractivity contribution >= 4 is 42.4 Å². The maximum absolute atomic E-state index is 13.5. The Balaban J connectivity index is 1.73. The van der Waals surface area contributed by atoms with Gasteiger partial charge in [-0.3, -0.25) is 14.7 Å². The fraction of sp³-hybridized carbons (Fsp3) is 0.174. The summed E-state index contributed by atoms with van der Waals surface area (Å²) >= 11 is 1.38. The number of aromatic nitrogens is 2. The van der Waals surface area contributed by atoms with E-state index in [4.69, 9.17) is 4.74 Å². The van der Waals surface area contributed by atoms with Crippen LogP contribution in [0.25, 0.3) is 10.2 Å². The van der Waals surface area contributed by atoms with Gasteiger partial charge >= 0.3 is 0 Å². The van der Waals surface area contributed by atoms with Crippen molar-refractivity contribution in [3.8, 4) is 5.75 Å². The van der Waals surface area contributed by atoms with E-state index >= 15 is 0 Å².